The molecule has 2 aliphatic rings. The third kappa shape index (κ3) is 3.17. The number of rotatable bonds is 5. The van der Waals surface area contributed by atoms with E-state index in [1.807, 2.05) is 18.2 Å². The van der Waals surface area contributed by atoms with E-state index in [4.69, 9.17) is 15.3 Å². The molecule has 3 rings (SSSR count). The number of allylic oxidation sites excluding steroid dienone is 2. The van der Waals surface area contributed by atoms with E-state index in [1.54, 1.807) is 6.07 Å². The highest BCUT2D eigenvalue weighted by Crippen LogP contribution is 2.49. The van der Waals surface area contributed by atoms with Crippen molar-refractivity contribution in [1.29, 1.82) is 10.5 Å². The van der Waals surface area contributed by atoms with E-state index in [0.717, 1.165) is 19.3 Å². The lowest BCUT2D eigenvalue weighted by Crippen LogP contribution is -2.52. The second-order valence-electron chi connectivity index (χ2n) is 6.88. The fourth-order valence-electron chi connectivity index (χ4n) is 4.24. The monoisotopic (exact) mass is 334 g/mol. The number of carbonyl (C=O) groups is 1. The lowest BCUT2D eigenvalue weighted by atomic mass is 9.63. The first kappa shape index (κ1) is 17.2. The molecular weight excluding hydrogens is 312 g/mol. The van der Waals surface area contributed by atoms with Gasteiger partial charge in [-0.05, 0) is 44.2 Å². The Kier molecular flexibility index (Phi) is 5.19. The van der Waals surface area contributed by atoms with Crippen LogP contribution in [0.4, 0.5) is 0 Å². The minimum Gasteiger partial charge on any atom is -0.488 e. The summed E-state index contributed by atoms with van der Waals surface area (Å²) in [7, 11) is 0. The van der Waals surface area contributed by atoms with Gasteiger partial charge >= 0.3 is 0 Å². The van der Waals surface area contributed by atoms with Crippen molar-refractivity contribution in [3.63, 3.8) is 0 Å². The fraction of sp³-hybridized carbons (Fsp3) is 0.476. The quantitative estimate of drug-likeness (QED) is 0.739. The van der Waals surface area contributed by atoms with Gasteiger partial charge in [-0.1, -0.05) is 24.3 Å². The summed E-state index contributed by atoms with van der Waals surface area (Å²) in [5.41, 5.74) is -0.198. The molecule has 0 fully saturated rings. The maximum absolute atomic E-state index is 13.5. The van der Waals surface area contributed by atoms with Crippen LogP contribution in [0.3, 0.4) is 0 Å². The molecule has 4 heteroatoms. The van der Waals surface area contributed by atoms with Crippen molar-refractivity contribution < 1.29 is 9.53 Å². The number of benzene rings is 1. The Morgan fingerprint density at radius 3 is 2.48 bits per heavy atom. The highest BCUT2D eigenvalue weighted by molar-refractivity contribution is 6.04. The van der Waals surface area contributed by atoms with E-state index >= 15 is 0 Å². The molecule has 0 saturated carbocycles. The van der Waals surface area contributed by atoms with Crippen LogP contribution in [0.25, 0.3) is 0 Å². The van der Waals surface area contributed by atoms with Crippen LogP contribution in [-0.4, -0.2) is 11.9 Å². The van der Waals surface area contributed by atoms with Gasteiger partial charge in [0.25, 0.3) is 0 Å². The highest BCUT2D eigenvalue weighted by Gasteiger charge is 2.52. The van der Waals surface area contributed by atoms with E-state index in [9.17, 15) is 4.79 Å². The van der Waals surface area contributed by atoms with Gasteiger partial charge in [-0.2, -0.15) is 10.5 Å². The molecule has 4 nitrogen and oxygen atoms in total. The molecule has 0 N–H and O–H groups in total. The number of Topliss-reactive ketones (excluding diaryl/α,β-unsaturated/α-hetero) is 1. The van der Waals surface area contributed by atoms with Crippen LogP contribution < -0.4 is 4.74 Å². The molecule has 0 aromatic heterocycles. The molecular formula is C21H22N2O2. The van der Waals surface area contributed by atoms with Crippen molar-refractivity contribution in [2.75, 3.05) is 0 Å². The van der Waals surface area contributed by atoms with Crippen LogP contribution >= 0.6 is 0 Å². The number of ketones is 1. The van der Waals surface area contributed by atoms with Gasteiger partial charge in [-0.25, -0.2) is 0 Å². The molecule has 1 heterocycles. The predicted octanol–water partition coefficient (Wildman–Crippen LogP) is 4.58. The first-order valence-electron chi connectivity index (χ1n) is 8.92. The summed E-state index contributed by atoms with van der Waals surface area (Å²) >= 11 is 0. The largest absolute Gasteiger partial charge is 0.488 e. The molecule has 2 unspecified atom stereocenters. The molecule has 25 heavy (non-hydrogen) atoms. The van der Waals surface area contributed by atoms with E-state index in [1.165, 1.54) is 0 Å². The van der Waals surface area contributed by atoms with Crippen molar-refractivity contribution in [2.24, 2.45) is 11.3 Å². The van der Waals surface area contributed by atoms with Crippen molar-refractivity contribution >= 4 is 5.78 Å². The van der Waals surface area contributed by atoms with Gasteiger partial charge in [0.15, 0.2) is 5.78 Å². The van der Waals surface area contributed by atoms with Crippen molar-refractivity contribution in [3.8, 4) is 17.9 Å². The average molecular weight is 334 g/mol. The third-order valence-corrected chi connectivity index (χ3v) is 5.49. The molecule has 128 valence electrons. The van der Waals surface area contributed by atoms with Crippen LogP contribution in [0, 0.1) is 34.0 Å². The summed E-state index contributed by atoms with van der Waals surface area (Å²) < 4.78 is 6.38. The molecule has 2 atom stereocenters. The molecule has 1 aromatic carbocycles. The summed E-state index contributed by atoms with van der Waals surface area (Å²) in [5, 5.41) is 18.3. The predicted molar refractivity (Wildman–Crippen MR) is 93.8 cm³/mol. The summed E-state index contributed by atoms with van der Waals surface area (Å²) in [6.45, 7) is 0. The van der Waals surface area contributed by atoms with Gasteiger partial charge in [0.2, 0.25) is 0 Å². The molecule has 1 aliphatic carbocycles. The number of hydrogen-bond acceptors (Lipinski definition) is 4. The molecule has 0 amide bonds. The first-order valence-corrected chi connectivity index (χ1v) is 8.92. The van der Waals surface area contributed by atoms with E-state index in [-0.39, 0.29) is 17.8 Å². The van der Waals surface area contributed by atoms with Crippen LogP contribution in [0.1, 0.15) is 55.3 Å². The summed E-state index contributed by atoms with van der Waals surface area (Å²) in [6.07, 6.45) is 8.35. The zero-order valence-corrected chi connectivity index (χ0v) is 14.3. The zero-order valence-electron chi connectivity index (χ0n) is 14.3. The third-order valence-electron chi connectivity index (χ3n) is 5.49. The topological polar surface area (TPSA) is 73.9 Å². The van der Waals surface area contributed by atoms with E-state index in [2.05, 4.69) is 24.3 Å². The Bertz CT molecular complexity index is 736. The highest BCUT2D eigenvalue weighted by atomic mass is 16.5. The molecule has 0 spiro atoms. The van der Waals surface area contributed by atoms with Crippen LogP contribution in [0.5, 0.6) is 5.75 Å². The van der Waals surface area contributed by atoms with Gasteiger partial charge in [-0.15, -0.1) is 0 Å². The van der Waals surface area contributed by atoms with Crippen molar-refractivity contribution in [1.82, 2.24) is 0 Å². The van der Waals surface area contributed by atoms with Gasteiger partial charge in [0, 0.05) is 18.8 Å². The Labute approximate surface area is 148 Å². The van der Waals surface area contributed by atoms with Gasteiger partial charge in [0.1, 0.15) is 11.9 Å². The Morgan fingerprint density at radius 1 is 1.12 bits per heavy atom. The molecule has 1 aliphatic heterocycles. The maximum Gasteiger partial charge on any atom is 0.176 e. The SMILES string of the molecule is N#CCCC1(CCC#N)C(=O)c2ccccc2OC1C1CC=CCC1. The summed E-state index contributed by atoms with van der Waals surface area (Å²) in [6, 6.07) is 11.7. The fourth-order valence-corrected chi connectivity index (χ4v) is 4.24. The minimum absolute atomic E-state index is 0.0411. The standard InChI is InChI=1S/C21H22N2O2/c22-14-6-12-21(13-7-15-23)19(24)17-10-4-5-11-18(17)25-20(21)16-8-2-1-3-9-16/h1-2,4-5,10-11,16,20H,3,6-9,12-13H2. The van der Waals surface area contributed by atoms with Gasteiger partial charge in [-0.3, -0.25) is 4.79 Å². The average Bonchev–Trinajstić information content (AvgIpc) is 2.67. The number of fused-ring (bicyclic) bond motifs is 1. The Balaban J connectivity index is 2.07. The van der Waals surface area contributed by atoms with E-state index in [0.29, 0.717) is 37.0 Å². The first-order chi connectivity index (χ1) is 12.2. The second kappa shape index (κ2) is 7.53. The second-order valence-corrected chi connectivity index (χ2v) is 6.88. The Morgan fingerprint density at radius 2 is 1.84 bits per heavy atom. The molecule has 0 radical (unpaired) electrons. The summed E-state index contributed by atoms with van der Waals surface area (Å²) in [5.74, 6) is 0.913. The number of ether oxygens (including phenoxy) is 1. The molecule has 0 bridgehead atoms. The maximum atomic E-state index is 13.5. The number of para-hydroxylation sites is 1. The van der Waals surface area contributed by atoms with E-state index < -0.39 is 5.41 Å². The van der Waals surface area contributed by atoms with Crippen LogP contribution in [-0.2, 0) is 0 Å². The molecule has 0 saturated heterocycles. The number of nitrogens with zero attached hydrogens (tertiary/aromatic N) is 2. The van der Waals surface area contributed by atoms with Gasteiger partial charge in [0.05, 0.1) is 23.1 Å². The lowest BCUT2D eigenvalue weighted by molar-refractivity contribution is -0.0126. The minimum atomic E-state index is -0.782. The molecule has 1 aromatic rings. The van der Waals surface area contributed by atoms with Gasteiger partial charge < -0.3 is 4.74 Å². The lowest BCUT2D eigenvalue weighted by Gasteiger charge is -2.46. The Hall–Kier alpha value is -2.59. The summed E-state index contributed by atoms with van der Waals surface area (Å²) in [4.78, 5) is 13.5. The van der Waals surface area contributed by atoms with Crippen LogP contribution in [0.15, 0.2) is 36.4 Å². The van der Waals surface area contributed by atoms with Crippen molar-refractivity contribution in [3.05, 3.63) is 42.0 Å². The van der Waals surface area contributed by atoms with Crippen molar-refractivity contribution in [2.45, 2.75) is 51.0 Å². The zero-order chi connectivity index (χ0) is 17.7. The number of nitriles is 2. The normalized spacial score (nSPS) is 23.8. The smallest absolute Gasteiger partial charge is 0.176 e. The number of carbonyl (C=O) groups excluding carboxylic acids is 1. The number of hydrogen-bond donors (Lipinski definition) is 0. The van der Waals surface area contributed by atoms with Crippen LogP contribution in [0.2, 0.25) is 0 Å².